The average Bonchev–Trinajstić information content (AvgIpc) is 2.17. The Hall–Kier alpha value is -0.540. The van der Waals surface area contributed by atoms with Crippen molar-refractivity contribution in [3.8, 4) is 5.75 Å². The van der Waals surface area contributed by atoms with Crippen molar-refractivity contribution < 1.29 is 4.74 Å². The van der Waals surface area contributed by atoms with Crippen molar-refractivity contribution in [2.24, 2.45) is 5.73 Å². The first-order chi connectivity index (χ1) is 7.20. The third kappa shape index (κ3) is 2.34. The van der Waals surface area contributed by atoms with Gasteiger partial charge in [0.25, 0.3) is 0 Å². The summed E-state index contributed by atoms with van der Waals surface area (Å²) in [7, 11) is 0. The van der Waals surface area contributed by atoms with Gasteiger partial charge in [-0.05, 0) is 18.6 Å². The smallest absolute Gasteiger partial charge is 0.125 e. The van der Waals surface area contributed by atoms with E-state index in [1.807, 2.05) is 18.2 Å². The van der Waals surface area contributed by atoms with Gasteiger partial charge in [-0.25, -0.2) is 0 Å². The molecule has 1 aromatic rings. The topological polar surface area (TPSA) is 35.2 Å². The fourth-order valence-corrected chi connectivity index (χ4v) is 2.39. The van der Waals surface area contributed by atoms with E-state index in [0.717, 1.165) is 35.0 Å². The molecule has 1 aromatic carbocycles. The van der Waals surface area contributed by atoms with Crippen LogP contribution in [0.4, 0.5) is 0 Å². The maximum absolute atomic E-state index is 6.12. The second-order valence-corrected chi connectivity index (χ2v) is 4.97. The summed E-state index contributed by atoms with van der Waals surface area (Å²) in [4.78, 5) is 0. The van der Waals surface area contributed by atoms with Crippen molar-refractivity contribution in [1.82, 2.24) is 0 Å². The van der Waals surface area contributed by atoms with Crippen LogP contribution in [-0.4, -0.2) is 6.10 Å². The van der Waals surface area contributed by atoms with E-state index < -0.39 is 0 Å². The number of hydrogen-bond acceptors (Lipinski definition) is 2. The molecule has 2 nitrogen and oxygen atoms in total. The molecule has 1 aliphatic rings. The molecule has 2 N–H and O–H groups in total. The van der Waals surface area contributed by atoms with Gasteiger partial charge in [0.1, 0.15) is 11.9 Å². The molecule has 0 amide bonds. The third-order valence-corrected chi connectivity index (χ3v) is 3.29. The molecule has 3 heteroatoms. The van der Waals surface area contributed by atoms with Crippen LogP contribution >= 0.6 is 15.9 Å². The molecule has 82 valence electrons. The Bertz CT molecular complexity index is 353. The Morgan fingerprint density at radius 2 is 2.33 bits per heavy atom. The first kappa shape index (κ1) is 11.0. The van der Waals surface area contributed by atoms with Crippen LogP contribution in [0.1, 0.15) is 37.8 Å². The van der Waals surface area contributed by atoms with Crippen molar-refractivity contribution in [3.05, 3.63) is 28.2 Å². The SMILES string of the molecule is CCCC1CC(N)c2ccc(Br)cc2O1. The van der Waals surface area contributed by atoms with E-state index in [4.69, 9.17) is 10.5 Å². The molecule has 0 aromatic heterocycles. The monoisotopic (exact) mass is 269 g/mol. The summed E-state index contributed by atoms with van der Waals surface area (Å²) >= 11 is 3.45. The second-order valence-electron chi connectivity index (χ2n) is 4.05. The minimum Gasteiger partial charge on any atom is -0.490 e. The fourth-order valence-electron chi connectivity index (χ4n) is 2.05. The predicted molar refractivity (Wildman–Crippen MR) is 65.0 cm³/mol. The van der Waals surface area contributed by atoms with E-state index >= 15 is 0 Å². The van der Waals surface area contributed by atoms with Crippen LogP contribution in [0.3, 0.4) is 0 Å². The molecule has 2 rings (SSSR count). The Morgan fingerprint density at radius 1 is 1.53 bits per heavy atom. The van der Waals surface area contributed by atoms with Gasteiger partial charge in [0, 0.05) is 22.5 Å². The van der Waals surface area contributed by atoms with Gasteiger partial charge in [-0.3, -0.25) is 0 Å². The van der Waals surface area contributed by atoms with Crippen molar-refractivity contribution in [2.75, 3.05) is 0 Å². The summed E-state index contributed by atoms with van der Waals surface area (Å²) in [5.41, 5.74) is 7.25. The minimum absolute atomic E-state index is 0.124. The Labute approximate surface area is 98.9 Å². The van der Waals surface area contributed by atoms with Crippen molar-refractivity contribution in [1.29, 1.82) is 0 Å². The highest BCUT2D eigenvalue weighted by molar-refractivity contribution is 9.10. The van der Waals surface area contributed by atoms with Crippen LogP contribution in [0, 0.1) is 0 Å². The van der Waals surface area contributed by atoms with Gasteiger partial charge in [-0.1, -0.05) is 35.3 Å². The number of ether oxygens (including phenoxy) is 1. The molecule has 2 unspecified atom stereocenters. The summed E-state index contributed by atoms with van der Waals surface area (Å²) < 4.78 is 6.96. The zero-order valence-electron chi connectivity index (χ0n) is 8.87. The molecule has 1 aliphatic heterocycles. The first-order valence-electron chi connectivity index (χ1n) is 5.42. The van der Waals surface area contributed by atoms with Crippen molar-refractivity contribution in [3.63, 3.8) is 0 Å². The van der Waals surface area contributed by atoms with Gasteiger partial charge in [-0.15, -0.1) is 0 Å². The molecule has 2 atom stereocenters. The number of rotatable bonds is 2. The van der Waals surface area contributed by atoms with E-state index in [-0.39, 0.29) is 12.1 Å². The van der Waals surface area contributed by atoms with Gasteiger partial charge >= 0.3 is 0 Å². The standard InChI is InChI=1S/C12H16BrNO/c1-2-3-9-7-11(14)10-5-4-8(13)6-12(10)15-9/h4-6,9,11H,2-3,7,14H2,1H3. The van der Waals surface area contributed by atoms with Crippen LogP contribution in [0.5, 0.6) is 5.75 Å². The molecular weight excluding hydrogens is 254 g/mol. The first-order valence-corrected chi connectivity index (χ1v) is 6.21. The molecule has 0 spiro atoms. The Balaban J connectivity index is 2.25. The number of nitrogens with two attached hydrogens (primary N) is 1. The molecule has 0 aliphatic carbocycles. The molecule has 0 saturated heterocycles. The molecule has 0 radical (unpaired) electrons. The highest BCUT2D eigenvalue weighted by atomic mass is 79.9. The maximum atomic E-state index is 6.12. The fraction of sp³-hybridized carbons (Fsp3) is 0.500. The van der Waals surface area contributed by atoms with E-state index in [1.54, 1.807) is 0 Å². The van der Waals surface area contributed by atoms with Crippen LogP contribution < -0.4 is 10.5 Å². The van der Waals surface area contributed by atoms with E-state index in [2.05, 4.69) is 22.9 Å². The lowest BCUT2D eigenvalue weighted by Crippen LogP contribution is -2.29. The van der Waals surface area contributed by atoms with Crippen LogP contribution in [0.25, 0.3) is 0 Å². The van der Waals surface area contributed by atoms with E-state index in [0.29, 0.717) is 0 Å². The van der Waals surface area contributed by atoms with Crippen LogP contribution in [0.15, 0.2) is 22.7 Å². The lowest BCUT2D eigenvalue weighted by molar-refractivity contribution is 0.149. The lowest BCUT2D eigenvalue weighted by atomic mass is 9.95. The molecule has 0 bridgehead atoms. The summed E-state index contributed by atoms with van der Waals surface area (Å²) in [5.74, 6) is 0.946. The lowest BCUT2D eigenvalue weighted by Gasteiger charge is -2.30. The van der Waals surface area contributed by atoms with E-state index in [1.165, 1.54) is 0 Å². The number of fused-ring (bicyclic) bond motifs is 1. The normalized spacial score (nSPS) is 24.5. The second kappa shape index (κ2) is 4.54. The summed E-state index contributed by atoms with van der Waals surface area (Å²) in [6.07, 6.45) is 3.44. The largest absolute Gasteiger partial charge is 0.490 e. The van der Waals surface area contributed by atoms with Gasteiger partial charge in [0.05, 0.1) is 0 Å². The van der Waals surface area contributed by atoms with Crippen LogP contribution in [0.2, 0.25) is 0 Å². The van der Waals surface area contributed by atoms with Gasteiger partial charge in [0.15, 0.2) is 0 Å². The Kier molecular flexibility index (Phi) is 3.32. The highest BCUT2D eigenvalue weighted by Crippen LogP contribution is 2.36. The summed E-state index contributed by atoms with van der Waals surface area (Å²) in [6, 6.07) is 6.20. The predicted octanol–water partition coefficient (Wildman–Crippen LogP) is 3.40. The average molecular weight is 270 g/mol. The molecule has 15 heavy (non-hydrogen) atoms. The number of benzene rings is 1. The Morgan fingerprint density at radius 3 is 3.07 bits per heavy atom. The molecule has 0 fully saturated rings. The van der Waals surface area contributed by atoms with Gasteiger partial charge < -0.3 is 10.5 Å². The summed E-state index contributed by atoms with van der Waals surface area (Å²) in [5, 5.41) is 0. The van der Waals surface area contributed by atoms with E-state index in [9.17, 15) is 0 Å². The van der Waals surface area contributed by atoms with Crippen LogP contribution in [-0.2, 0) is 0 Å². The molecule has 0 saturated carbocycles. The van der Waals surface area contributed by atoms with Gasteiger partial charge in [-0.2, -0.15) is 0 Å². The van der Waals surface area contributed by atoms with Crippen molar-refractivity contribution >= 4 is 15.9 Å². The number of hydrogen-bond donors (Lipinski definition) is 1. The highest BCUT2D eigenvalue weighted by Gasteiger charge is 2.25. The number of halogens is 1. The third-order valence-electron chi connectivity index (χ3n) is 2.80. The molecular formula is C12H16BrNO. The molecule has 1 heterocycles. The minimum atomic E-state index is 0.124. The summed E-state index contributed by atoms with van der Waals surface area (Å²) in [6.45, 7) is 2.17. The maximum Gasteiger partial charge on any atom is 0.125 e. The zero-order valence-corrected chi connectivity index (χ0v) is 10.5. The van der Waals surface area contributed by atoms with Gasteiger partial charge in [0.2, 0.25) is 0 Å². The van der Waals surface area contributed by atoms with Crippen molar-refractivity contribution in [2.45, 2.75) is 38.3 Å². The quantitative estimate of drug-likeness (QED) is 0.893. The zero-order chi connectivity index (χ0) is 10.8.